The van der Waals surface area contributed by atoms with Crippen LogP contribution in [0, 0.1) is 23.7 Å². The molecule has 4 amide bonds. The number of likely N-dealkylation sites (tertiary alicyclic amines) is 1. The van der Waals surface area contributed by atoms with E-state index in [1.807, 2.05) is 60.0 Å². The second-order valence-electron chi connectivity index (χ2n) is 13.1. The van der Waals surface area contributed by atoms with Gasteiger partial charge in [-0.2, -0.15) is 0 Å². The molecule has 3 heterocycles. The Hall–Kier alpha value is -4.57. The molecule has 1 saturated carbocycles. The van der Waals surface area contributed by atoms with Crippen molar-refractivity contribution in [3.63, 3.8) is 0 Å². The van der Waals surface area contributed by atoms with Crippen LogP contribution in [0.1, 0.15) is 34.8 Å². The number of aliphatic hydroxyl groups is 1. The van der Waals surface area contributed by atoms with Gasteiger partial charge in [-0.05, 0) is 71.7 Å². The molecule has 0 unspecified atom stereocenters. The normalized spacial score (nSPS) is 27.6. The summed E-state index contributed by atoms with van der Waals surface area (Å²) in [5.74, 6) is -3.60. The average Bonchev–Trinajstić information content (AvgIpc) is 3.79. The van der Waals surface area contributed by atoms with Crippen LogP contribution < -0.4 is 9.64 Å². The third kappa shape index (κ3) is 4.89. The molecule has 2 aliphatic carbocycles. The number of anilines is 1. The van der Waals surface area contributed by atoms with Crippen molar-refractivity contribution in [3.05, 3.63) is 129 Å². The number of hydrogen-bond acceptors (Lipinski definition) is 7. The SMILES string of the molecule is O=C1[C@H]2[C@H](CC=C3[C@H]2C[C@H]2C(=O)N(c4cccc(Cl)c4)C(=O)[C@@]2(c2ccccc2)[C@H]3c2ccc(OCCO)cc2)C(=O)N1Cc1cccs1. The van der Waals surface area contributed by atoms with Crippen molar-refractivity contribution >= 4 is 52.3 Å². The fourth-order valence-corrected chi connectivity index (χ4v) is 9.70. The minimum absolute atomic E-state index is 0.132. The molecule has 1 aromatic heterocycles. The van der Waals surface area contributed by atoms with Gasteiger partial charge in [-0.1, -0.05) is 77.8 Å². The predicted molar refractivity (Wildman–Crippen MR) is 185 cm³/mol. The molecule has 3 fully saturated rings. The number of nitrogens with zero attached hydrogens (tertiary/aromatic N) is 2. The Bertz CT molecular complexity index is 1980. The summed E-state index contributed by atoms with van der Waals surface area (Å²) in [6.45, 7) is 0.224. The van der Waals surface area contributed by atoms with Crippen LogP contribution in [0.4, 0.5) is 5.69 Å². The van der Waals surface area contributed by atoms with E-state index in [2.05, 4.69) is 6.08 Å². The summed E-state index contributed by atoms with van der Waals surface area (Å²) in [5.41, 5.74) is 1.46. The lowest BCUT2D eigenvalue weighted by Crippen LogP contribution is -2.53. The molecule has 4 aliphatic rings. The summed E-state index contributed by atoms with van der Waals surface area (Å²) < 4.78 is 5.67. The van der Waals surface area contributed by atoms with E-state index in [9.17, 15) is 19.5 Å². The zero-order valence-electron chi connectivity index (χ0n) is 26.4. The van der Waals surface area contributed by atoms with E-state index in [0.29, 0.717) is 28.4 Å². The van der Waals surface area contributed by atoms with Crippen LogP contribution >= 0.6 is 22.9 Å². The number of allylic oxidation sites excluding steroid dienone is 2. The molecule has 248 valence electrons. The van der Waals surface area contributed by atoms with Crippen LogP contribution in [-0.4, -0.2) is 46.8 Å². The molecule has 49 heavy (non-hydrogen) atoms. The van der Waals surface area contributed by atoms with Crippen molar-refractivity contribution in [1.82, 2.24) is 4.90 Å². The molecular weight excluding hydrogens is 660 g/mol. The molecule has 3 aromatic carbocycles. The largest absolute Gasteiger partial charge is 0.491 e. The van der Waals surface area contributed by atoms with E-state index in [-0.39, 0.29) is 49.8 Å². The third-order valence-corrected chi connectivity index (χ3v) is 11.8. The Labute approximate surface area is 292 Å². The van der Waals surface area contributed by atoms with E-state index in [0.717, 1.165) is 16.0 Å². The molecule has 4 aromatic rings. The topological polar surface area (TPSA) is 104 Å². The van der Waals surface area contributed by atoms with Crippen LogP contribution in [-0.2, 0) is 31.1 Å². The summed E-state index contributed by atoms with van der Waals surface area (Å²) in [7, 11) is 0. The molecule has 0 spiro atoms. The molecule has 10 heteroatoms. The number of imide groups is 2. The average molecular weight is 693 g/mol. The Morgan fingerprint density at radius 3 is 2.39 bits per heavy atom. The van der Waals surface area contributed by atoms with E-state index in [1.165, 1.54) is 21.1 Å². The zero-order chi connectivity index (χ0) is 33.9. The smallest absolute Gasteiger partial charge is 0.246 e. The predicted octanol–water partition coefficient (Wildman–Crippen LogP) is 6.14. The quantitative estimate of drug-likeness (QED) is 0.176. The summed E-state index contributed by atoms with van der Waals surface area (Å²) in [6, 6.07) is 27.4. The van der Waals surface area contributed by atoms with Crippen LogP contribution in [0.15, 0.2) is 108 Å². The van der Waals surface area contributed by atoms with E-state index < -0.39 is 35.0 Å². The highest BCUT2D eigenvalue weighted by Crippen LogP contribution is 2.64. The molecule has 6 atom stereocenters. The second kappa shape index (κ2) is 12.4. The van der Waals surface area contributed by atoms with Crippen molar-refractivity contribution < 1.29 is 29.0 Å². The number of benzene rings is 3. The van der Waals surface area contributed by atoms with Crippen molar-refractivity contribution in [2.24, 2.45) is 23.7 Å². The summed E-state index contributed by atoms with van der Waals surface area (Å²) in [5, 5.41) is 11.6. The molecule has 8 nitrogen and oxygen atoms in total. The number of amides is 4. The maximum absolute atomic E-state index is 15.3. The van der Waals surface area contributed by atoms with Gasteiger partial charge < -0.3 is 9.84 Å². The summed E-state index contributed by atoms with van der Waals surface area (Å²) in [6.07, 6.45) is 2.67. The van der Waals surface area contributed by atoms with Gasteiger partial charge in [0.15, 0.2) is 0 Å². The fourth-order valence-electron chi connectivity index (χ4n) is 8.82. The maximum Gasteiger partial charge on any atom is 0.246 e. The van der Waals surface area contributed by atoms with Crippen molar-refractivity contribution in [1.29, 1.82) is 0 Å². The number of thiophene rings is 1. The lowest BCUT2D eigenvalue weighted by molar-refractivity contribution is -0.141. The number of carbonyl (C=O) groups is 4. The lowest BCUT2D eigenvalue weighted by Gasteiger charge is -2.50. The highest BCUT2D eigenvalue weighted by atomic mass is 35.5. The maximum atomic E-state index is 15.3. The molecule has 2 saturated heterocycles. The molecular formula is C39H33ClN2O6S. The first-order valence-electron chi connectivity index (χ1n) is 16.4. The molecule has 2 aliphatic heterocycles. The third-order valence-electron chi connectivity index (χ3n) is 10.7. The first-order chi connectivity index (χ1) is 23.8. The van der Waals surface area contributed by atoms with Gasteiger partial charge in [0, 0.05) is 15.8 Å². The van der Waals surface area contributed by atoms with Gasteiger partial charge >= 0.3 is 0 Å². The van der Waals surface area contributed by atoms with Crippen molar-refractivity contribution in [2.45, 2.75) is 30.7 Å². The minimum Gasteiger partial charge on any atom is -0.491 e. The number of aliphatic hydroxyl groups excluding tert-OH is 1. The van der Waals surface area contributed by atoms with E-state index in [4.69, 9.17) is 16.3 Å². The van der Waals surface area contributed by atoms with Crippen LogP contribution in [0.5, 0.6) is 5.75 Å². The highest BCUT2D eigenvalue weighted by molar-refractivity contribution is 7.09. The van der Waals surface area contributed by atoms with Crippen molar-refractivity contribution in [2.75, 3.05) is 18.1 Å². The summed E-state index contributed by atoms with van der Waals surface area (Å²) in [4.78, 5) is 61.8. The number of carbonyl (C=O) groups excluding carboxylic acids is 4. The lowest BCUT2D eigenvalue weighted by atomic mass is 9.49. The van der Waals surface area contributed by atoms with Gasteiger partial charge in [0.25, 0.3) is 0 Å². The van der Waals surface area contributed by atoms with Crippen molar-refractivity contribution in [3.8, 4) is 5.75 Å². The van der Waals surface area contributed by atoms with E-state index in [1.54, 1.807) is 36.4 Å². The number of fused-ring (bicyclic) bond motifs is 4. The van der Waals surface area contributed by atoms with Gasteiger partial charge in [-0.3, -0.25) is 24.1 Å². The Morgan fingerprint density at radius 2 is 1.67 bits per heavy atom. The molecule has 0 radical (unpaired) electrons. The van der Waals surface area contributed by atoms with Gasteiger partial charge in [-0.15, -0.1) is 11.3 Å². The Kier molecular flexibility index (Phi) is 8.01. The highest BCUT2D eigenvalue weighted by Gasteiger charge is 2.70. The van der Waals surface area contributed by atoms with E-state index >= 15 is 4.79 Å². The van der Waals surface area contributed by atoms with Gasteiger partial charge in [0.2, 0.25) is 23.6 Å². The monoisotopic (exact) mass is 692 g/mol. The Morgan fingerprint density at radius 1 is 0.878 bits per heavy atom. The first kappa shape index (κ1) is 31.7. The molecule has 1 N–H and O–H groups in total. The number of hydrogen-bond donors (Lipinski definition) is 1. The molecule has 8 rings (SSSR count). The Balaban J connectivity index is 1.31. The fraction of sp³-hybridized carbons (Fsp3) is 0.282. The first-order valence-corrected chi connectivity index (χ1v) is 17.7. The van der Waals surface area contributed by atoms with Gasteiger partial charge in [0.1, 0.15) is 12.4 Å². The van der Waals surface area contributed by atoms with Crippen LogP contribution in [0.2, 0.25) is 5.02 Å². The van der Waals surface area contributed by atoms with Gasteiger partial charge in [0.05, 0.1) is 42.0 Å². The van der Waals surface area contributed by atoms with Crippen LogP contribution in [0.25, 0.3) is 0 Å². The second-order valence-corrected chi connectivity index (χ2v) is 14.5. The zero-order valence-corrected chi connectivity index (χ0v) is 28.0. The minimum atomic E-state index is -1.34. The molecule has 0 bridgehead atoms. The van der Waals surface area contributed by atoms with Gasteiger partial charge in [-0.25, -0.2) is 4.90 Å². The van der Waals surface area contributed by atoms with Crippen LogP contribution in [0.3, 0.4) is 0 Å². The number of halogens is 1. The summed E-state index contributed by atoms with van der Waals surface area (Å²) >= 11 is 7.90. The number of rotatable bonds is 8. The standard InChI is InChI=1S/C39H33ClN2O6S/c40-25-8-4-9-26(20-25)42-36(45)32-21-31-29(15-16-30-33(31)37(46)41(35(30)44)22-28-10-5-19-49-28)34(23-11-13-27(14-12-23)48-18-17-43)39(32,38(42)47)24-6-2-1-3-7-24/h1-15,19-20,30-34,43H,16-18,21-22H2/t30-,31+,32-,33-,34-,39+/m0/s1. The number of ether oxygens (including phenoxy) is 1.